The fraction of sp³-hybridized carbons (Fsp3) is 0.619. The highest BCUT2D eigenvalue weighted by atomic mass is 16.2. The molecule has 1 heterocycles. The van der Waals surface area contributed by atoms with Crippen LogP contribution in [0, 0.1) is 0 Å². The lowest BCUT2D eigenvalue weighted by Crippen LogP contribution is -2.54. The normalized spacial score (nSPS) is 18.9. The predicted octanol–water partition coefficient (Wildman–Crippen LogP) is 3.61. The molecule has 0 atom stereocenters. The van der Waals surface area contributed by atoms with E-state index in [0.717, 1.165) is 18.4 Å². The van der Waals surface area contributed by atoms with E-state index in [-0.39, 0.29) is 11.9 Å². The summed E-state index contributed by atoms with van der Waals surface area (Å²) in [5, 5.41) is 3.16. The molecule has 0 bridgehead atoms. The van der Waals surface area contributed by atoms with Crippen molar-refractivity contribution < 1.29 is 9.59 Å². The number of piperazine rings is 1. The molecular weight excluding hydrogens is 326 g/mol. The van der Waals surface area contributed by atoms with Crippen LogP contribution in [-0.4, -0.2) is 54.0 Å². The first-order valence-electron chi connectivity index (χ1n) is 9.99. The molecule has 2 fully saturated rings. The van der Waals surface area contributed by atoms with Crippen LogP contribution in [0.25, 0.3) is 0 Å². The molecule has 1 aromatic rings. The summed E-state index contributed by atoms with van der Waals surface area (Å²) in [7, 11) is 0. The summed E-state index contributed by atoms with van der Waals surface area (Å²) in [4.78, 5) is 28.8. The molecule has 1 aliphatic heterocycles. The Kier molecular flexibility index (Phi) is 6.17. The Labute approximate surface area is 156 Å². The van der Waals surface area contributed by atoms with Crippen molar-refractivity contribution in [1.29, 1.82) is 0 Å². The fourth-order valence-electron chi connectivity index (χ4n) is 3.82. The Hall–Kier alpha value is -2.04. The Bertz CT molecular complexity index is 613. The Morgan fingerprint density at radius 2 is 1.50 bits per heavy atom. The molecule has 142 valence electrons. The monoisotopic (exact) mass is 357 g/mol. The molecule has 1 aromatic carbocycles. The second kappa shape index (κ2) is 8.56. The van der Waals surface area contributed by atoms with Gasteiger partial charge in [0, 0.05) is 37.8 Å². The second-order valence-corrected chi connectivity index (χ2v) is 7.84. The first-order valence-corrected chi connectivity index (χ1v) is 9.99. The van der Waals surface area contributed by atoms with Gasteiger partial charge >= 0.3 is 6.03 Å². The summed E-state index contributed by atoms with van der Waals surface area (Å²) in [6.45, 7) is 6.71. The number of hydrogen-bond donors (Lipinski definition) is 1. The van der Waals surface area contributed by atoms with Crippen LogP contribution >= 0.6 is 0 Å². The van der Waals surface area contributed by atoms with Gasteiger partial charge in [0.05, 0.1) is 0 Å². The summed E-state index contributed by atoms with van der Waals surface area (Å²) in [5.41, 5.74) is 1.97. The molecule has 3 amide bonds. The number of benzene rings is 1. The van der Waals surface area contributed by atoms with Crippen molar-refractivity contribution in [3.63, 3.8) is 0 Å². The van der Waals surface area contributed by atoms with Crippen molar-refractivity contribution in [3.8, 4) is 0 Å². The number of urea groups is 1. The summed E-state index contributed by atoms with van der Waals surface area (Å²) in [5.74, 6) is 0.526. The van der Waals surface area contributed by atoms with Crippen LogP contribution in [0.2, 0.25) is 0 Å². The van der Waals surface area contributed by atoms with Crippen molar-refractivity contribution in [2.24, 2.45) is 0 Å². The Balaban J connectivity index is 1.49. The fourth-order valence-corrected chi connectivity index (χ4v) is 3.82. The largest absolute Gasteiger partial charge is 0.335 e. The predicted molar refractivity (Wildman–Crippen MR) is 103 cm³/mol. The summed E-state index contributed by atoms with van der Waals surface area (Å²) in [6, 6.07) is 8.26. The van der Waals surface area contributed by atoms with Crippen LogP contribution in [0.5, 0.6) is 0 Å². The summed E-state index contributed by atoms with van der Waals surface area (Å²) < 4.78 is 0. The van der Waals surface area contributed by atoms with E-state index < -0.39 is 0 Å². The molecule has 5 heteroatoms. The van der Waals surface area contributed by atoms with Crippen LogP contribution in [0.4, 0.5) is 4.79 Å². The molecule has 0 radical (unpaired) electrons. The average molecular weight is 357 g/mol. The molecule has 1 saturated carbocycles. The van der Waals surface area contributed by atoms with Crippen LogP contribution in [-0.2, 0) is 0 Å². The first kappa shape index (κ1) is 18.7. The van der Waals surface area contributed by atoms with E-state index in [1.54, 1.807) is 0 Å². The molecule has 26 heavy (non-hydrogen) atoms. The van der Waals surface area contributed by atoms with Gasteiger partial charge in [-0.15, -0.1) is 0 Å². The van der Waals surface area contributed by atoms with Gasteiger partial charge in [-0.3, -0.25) is 4.79 Å². The van der Waals surface area contributed by atoms with E-state index in [2.05, 4.69) is 19.2 Å². The summed E-state index contributed by atoms with van der Waals surface area (Å²) >= 11 is 0. The minimum absolute atomic E-state index is 0.0327. The van der Waals surface area contributed by atoms with Gasteiger partial charge in [-0.1, -0.05) is 45.2 Å². The Morgan fingerprint density at radius 1 is 0.923 bits per heavy atom. The molecule has 0 aromatic heterocycles. The third-order valence-electron chi connectivity index (χ3n) is 5.61. The lowest BCUT2D eigenvalue weighted by molar-refractivity contribution is 0.0662. The number of hydrogen-bond acceptors (Lipinski definition) is 2. The lowest BCUT2D eigenvalue weighted by Gasteiger charge is -2.36. The molecule has 1 aliphatic carbocycles. The van der Waals surface area contributed by atoms with Crippen molar-refractivity contribution in [2.45, 2.75) is 57.9 Å². The average Bonchev–Trinajstić information content (AvgIpc) is 2.68. The number of carbonyl (C=O) groups excluding carboxylic acids is 2. The van der Waals surface area contributed by atoms with E-state index in [1.165, 1.54) is 24.8 Å². The maximum absolute atomic E-state index is 12.7. The lowest BCUT2D eigenvalue weighted by atomic mass is 9.96. The minimum atomic E-state index is 0.0327. The topological polar surface area (TPSA) is 52.7 Å². The van der Waals surface area contributed by atoms with Crippen molar-refractivity contribution in [1.82, 2.24) is 15.1 Å². The molecule has 0 spiro atoms. The maximum atomic E-state index is 12.7. The van der Waals surface area contributed by atoms with Gasteiger partial charge in [-0.05, 0) is 36.5 Å². The van der Waals surface area contributed by atoms with Gasteiger partial charge in [-0.25, -0.2) is 4.79 Å². The SMILES string of the molecule is CC(C)c1ccc(C(=O)N2CCN(C(=O)NC3CCCCC3)CC2)cc1. The number of nitrogens with one attached hydrogen (secondary N) is 1. The van der Waals surface area contributed by atoms with E-state index in [4.69, 9.17) is 0 Å². The van der Waals surface area contributed by atoms with Crippen molar-refractivity contribution >= 4 is 11.9 Å². The highest BCUT2D eigenvalue weighted by Crippen LogP contribution is 2.18. The van der Waals surface area contributed by atoms with E-state index in [1.807, 2.05) is 34.1 Å². The first-order chi connectivity index (χ1) is 12.5. The highest BCUT2D eigenvalue weighted by Gasteiger charge is 2.26. The van der Waals surface area contributed by atoms with E-state index >= 15 is 0 Å². The Morgan fingerprint density at radius 3 is 2.08 bits per heavy atom. The van der Waals surface area contributed by atoms with Gasteiger partial charge in [-0.2, -0.15) is 0 Å². The molecular formula is C21H31N3O2. The van der Waals surface area contributed by atoms with Crippen molar-refractivity contribution in [2.75, 3.05) is 26.2 Å². The number of carbonyl (C=O) groups is 2. The van der Waals surface area contributed by atoms with Gasteiger partial charge in [0.2, 0.25) is 0 Å². The number of rotatable bonds is 3. The summed E-state index contributed by atoms with van der Waals surface area (Å²) in [6.07, 6.45) is 5.89. The van der Waals surface area contributed by atoms with Crippen LogP contribution in [0.1, 0.15) is 67.8 Å². The third-order valence-corrected chi connectivity index (χ3v) is 5.61. The van der Waals surface area contributed by atoms with Crippen LogP contribution < -0.4 is 5.32 Å². The zero-order valence-corrected chi connectivity index (χ0v) is 16.0. The molecule has 2 aliphatic rings. The van der Waals surface area contributed by atoms with Crippen LogP contribution in [0.15, 0.2) is 24.3 Å². The zero-order chi connectivity index (χ0) is 18.5. The van der Waals surface area contributed by atoms with Gasteiger partial charge in [0.15, 0.2) is 0 Å². The maximum Gasteiger partial charge on any atom is 0.317 e. The third kappa shape index (κ3) is 4.57. The van der Waals surface area contributed by atoms with E-state index in [0.29, 0.717) is 38.1 Å². The molecule has 1 N–H and O–H groups in total. The minimum Gasteiger partial charge on any atom is -0.335 e. The van der Waals surface area contributed by atoms with Gasteiger partial charge < -0.3 is 15.1 Å². The quantitative estimate of drug-likeness (QED) is 0.898. The van der Waals surface area contributed by atoms with Crippen molar-refractivity contribution in [3.05, 3.63) is 35.4 Å². The molecule has 0 unspecified atom stereocenters. The molecule has 1 saturated heterocycles. The van der Waals surface area contributed by atoms with E-state index in [9.17, 15) is 9.59 Å². The molecule has 3 rings (SSSR count). The molecule has 5 nitrogen and oxygen atoms in total. The van der Waals surface area contributed by atoms with Gasteiger partial charge in [0.25, 0.3) is 5.91 Å². The standard InChI is InChI=1S/C21H31N3O2/c1-16(2)17-8-10-18(11-9-17)20(25)23-12-14-24(15-13-23)21(26)22-19-6-4-3-5-7-19/h8-11,16,19H,3-7,12-15H2,1-2H3,(H,22,26). The smallest absolute Gasteiger partial charge is 0.317 e. The number of nitrogens with zero attached hydrogens (tertiary/aromatic N) is 2. The van der Waals surface area contributed by atoms with Crippen LogP contribution in [0.3, 0.4) is 0 Å². The van der Waals surface area contributed by atoms with Gasteiger partial charge in [0.1, 0.15) is 0 Å². The highest BCUT2D eigenvalue weighted by molar-refractivity contribution is 5.94. The number of amides is 3. The zero-order valence-electron chi connectivity index (χ0n) is 16.0. The second-order valence-electron chi connectivity index (χ2n) is 7.84.